The third-order valence-electron chi connectivity index (χ3n) is 4.79. The molecule has 0 saturated carbocycles. The maximum atomic E-state index is 11.9. The number of nitrogens with one attached hydrogen (secondary N) is 1. The fraction of sp³-hybridized carbons (Fsp3) is 0.533. The van der Waals surface area contributed by atoms with Crippen LogP contribution in [0.3, 0.4) is 0 Å². The Kier molecular flexibility index (Phi) is 3.50. The lowest BCUT2D eigenvalue weighted by Crippen LogP contribution is -2.57. The summed E-state index contributed by atoms with van der Waals surface area (Å²) in [7, 11) is 2.12. The van der Waals surface area contributed by atoms with Crippen LogP contribution in [-0.2, 0) is 4.79 Å². The van der Waals surface area contributed by atoms with E-state index in [0.717, 1.165) is 23.0 Å². The lowest BCUT2D eigenvalue weighted by Gasteiger charge is -2.43. The van der Waals surface area contributed by atoms with E-state index in [9.17, 15) is 9.90 Å². The molecule has 1 aromatic rings. The van der Waals surface area contributed by atoms with Gasteiger partial charge in [0.05, 0.1) is 0 Å². The third-order valence-corrected chi connectivity index (χ3v) is 5.32. The maximum absolute atomic E-state index is 11.9. The zero-order valence-electron chi connectivity index (χ0n) is 11.5. The number of fused-ring (bicyclic) bond motifs is 2. The smallest absolute Gasteiger partial charge is 0.329 e. The Labute approximate surface area is 127 Å². The zero-order valence-corrected chi connectivity index (χ0v) is 13.1. The topological polar surface area (TPSA) is 52.6 Å². The van der Waals surface area contributed by atoms with Gasteiger partial charge in [-0.2, -0.15) is 0 Å². The van der Waals surface area contributed by atoms with Gasteiger partial charge < -0.3 is 15.3 Å². The van der Waals surface area contributed by atoms with Crippen molar-refractivity contribution >= 4 is 27.6 Å². The number of rotatable bonds is 3. The number of carboxylic acids is 1. The number of nitrogens with zero attached hydrogens (tertiary/aromatic N) is 1. The van der Waals surface area contributed by atoms with Gasteiger partial charge in [-0.25, -0.2) is 4.79 Å². The molecule has 2 aliphatic rings. The highest BCUT2D eigenvalue weighted by atomic mass is 79.9. The number of piperidine rings is 1. The van der Waals surface area contributed by atoms with Crippen LogP contribution in [0, 0.1) is 0 Å². The van der Waals surface area contributed by atoms with Crippen LogP contribution in [-0.4, -0.2) is 40.6 Å². The van der Waals surface area contributed by atoms with Gasteiger partial charge in [-0.05, 0) is 57.0 Å². The molecular weight excluding hydrogens is 320 g/mol. The third kappa shape index (κ3) is 2.33. The van der Waals surface area contributed by atoms with Crippen molar-refractivity contribution in [2.45, 2.75) is 43.3 Å². The first kappa shape index (κ1) is 13.9. The van der Waals surface area contributed by atoms with Crippen molar-refractivity contribution in [1.29, 1.82) is 0 Å². The van der Waals surface area contributed by atoms with Crippen molar-refractivity contribution in [2.75, 3.05) is 12.4 Å². The van der Waals surface area contributed by atoms with E-state index in [-0.39, 0.29) is 0 Å². The van der Waals surface area contributed by atoms with Gasteiger partial charge >= 0.3 is 5.97 Å². The predicted octanol–water partition coefficient (Wildman–Crippen LogP) is 2.94. The number of benzene rings is 1. The molecule has 0 aliphatic carbocycles. The minimum absolute atomic E-state index is 0.382. The Hall–Kier alpha value is -1.07. The van der Waals surface area contributed by atoms with Crippen LogP contribution in [0.4, 0.5) is 5.69 Å². The highest BCUT2D eigenvalue weighted by Gasteiger charge is 2.51. The molecule has 2 saturated heterocycles. The van der Waals surface area contributed by atoms with E-state index in [2.05, 4.69) is 33.2 Å². The second-order valence-electron chi connectivity index (χ2n) is 5.98. The molecular formula is C15H19BrN2O2. The fourth-order valence-electron chi connectivity index (χ4n) is 3.61. The fourth-order valence-corrected chi connectivity index (χ4v) is 3.87. The van der Waals surface area contributed by atoms with Crippen LogP contribution in [0.1, 0.15) is 25.7 Å². The first-order valence-corrected chi connectivity index (χ1v) is 7.78. The molecule has 2 fully saturated rings. The van der Waals surface area contributed by atoms with E-state index < -0.39 is 11.5 Å². The average molecular weight is 339 g/mol. The van der Waals surface area contributed by atoms with Gasteiger partial charge in [0.1, 0.15) is 5.54 Å². The molecule has 2 bridgehead atoms. The Morgan fingerprint density at radius 3 is 2.35 bits per heavy atom. The summed E-state index contributed by atoms with van der Waals surface area (Å²) < 4.78 is 0.996. The summed E-state index contributed by atoms with van der Waals surface area (Å²) in [6, 6.07) is 8.48. The molecule has 0 amide bonds. The molecule has 2 aliphatic heterocycles. The second-order valence-corrected chi connectivity index (χ2v) is 6.89. The largest absolute Gasteiger partial charge is 0.480 e. The summed E-state index contributed by atoms with van der Waals surface area (Å²) in [4.78, 5) is 14.2. The van der Waals surface area contributed by atoms with Crippen LogP contribution in [0.15, 0.2) is 28.7 Å². The summed E-state index contributed by atoms with van der Waals surface area (Å²) in [5.74, 6) is -0.731. The number of aliphatic carboxylic acids is 1. The molecule has 0 radical (unpaired) electrons. The normalized spacial score (nSPS) is 33.1. The van der Waals surface area contributed by atoms with Crippen molar-refractivity contribution in [2.24, 2.45) is 0 Å². The molecule has 1 aromatic carbocycles. The first-order valence-electron chi connectivity index (χ1n) is 6.99. The Balaban J connectivity index is 1.86. The summed E-state index contributed by atoms with van der Waals surface area (Å²) >= 11 is 3.40. The highest BCUT2D eigenvalue weighted by molar-refractivity contribution is 9.10. The molecule has 2 N–H and O–H groups in total. The van der Waals surface area contributed by atoms with E-state index in [0.29, 0.717) is 24.9 Å². The van der Waals surface area contributed by atoms with E-state index in [1.807, 2.05) is 24.3 Å². The molecule has 2 heterocycles. The van der Waals surface area contributed by atoms with E-state index in [1.165, 1.54) is 0 Å². The summed E-state index contributed by atoms with van der Waals surface area (Å²) in [6.45, 7) is 0. The monoisotopic (exact) mass is 338 g/mol. The van der Waals surface area contributed by atoms with Gasteiger partial charge in [-0.3, -0.25) is 0 Å². The second kappa shape index (κ2) is 5.04. The standard InChI is InChI=1S/C15H19BrN2O2/c1-18-12-6-7-13(18)9-15(8-12,14(19)20)17-11-4-2-10(16)3-5-11/h2-5,12-13,17H,6-9H2,1H3,(H,19,20). The predicted molar refractivity (Wildman–Crippen MR) is 81.9 cm³/mol. The van der Waals surface area contributed by atoms with Gasteiger partial charge in [-0.15, -0.1) is 0 Å². The van der Waals surface area contributed by atoms with Crippen molar-refractivity contribution in [1.82, 2.24) is 4.90 Å². The minimum Gasteiger partial charge on any atom is -0.480 e. The molecule has 20 heavy (non-hydrogen) atoms. The summed E-state index contributed by atoms with van der Waals surface area (Å²) in [5.41, 5.74) is 0.0474. The quantitative estimate of drug-likeness (QED) is 0.889. The van der Waals surface area contributed by atoms with Crippen molar-refractivity contribution in [3.63, 3.8) is 0 Å². The zero-order chi connectivity index (χ0) is 14.3. The minimum atomic E-state index is -0.827. The van der Waals surface area contributed by atoms with E-state index in [1.54, 1.807) is 0 Å². The first-order chi connectivity index (χ1) is 9.50. The Bertz CT molecular complexity index is 503. The van der Waals surface area contributed by atoms with Crippen LogP contribution in [0.2, 0.25) is 0 Å². The van der Waals surface area contributed by atoms with E-state index >= 15 is 0 Å². The van der Waals surface area contributed by atoms with Crippen molar-refractivity contribution < 1.29 is 9.90 Å². The van der Waals surface area contributed by atoms with Crippen LogP contribution >= 0.6 is 15.9 Å². The highest BCUT2D eigenvalue weighted by Crippen LogP contribution is 2.41. The van der Waals surface area contributed by atoms with Gasteiger partial charge in [-0.1, -0.05) is 15.9 Å². The van der Waals surface area contributed by atoms with Crippen LogP contribution < -0.4 is 5.32 Å². The van der Waals surface area contributed by atoms with Crippen LogP contribution in [0.25, 0.3) is 0 Å². The van der Waals surface area contributed by atoms with Crippen molar-refractivity contribution in [3.05, 3.63) is 28.7 Å². The molecule has 2 atom stereocenters. The lowest BCUT2D eigenvalue weighted by molar-refractivity contribution is -0.145. The van der Waals surface area contributed by atoms with Gasteiger partial charge in [0, 0.05) is 22.2 Å². The number of hydrogen-bond donors (Lipinski definition) is 2. The number of hydrogen-bond acceptors (Lipinski definition) is 3. The lowest BCUT2D eigenvalue weighted by atomic mass is 9.82. The molecule has 108 valence electrons. The molecule has 0 spiro atoms. The Morgan fingerprint density at radius 2 is 1.85 bits per heavy atom. The Morgan fingerprint density at radius 1 is 1.30 bits per heavy atom. The molecule has 0 aromatic heterocycles. The van der Waals surface area contributed by atoms with Crippen molar-refractivity contribution in [3.8, 4) is 0 Å². The molecule has 5 heteroatoms. The van der Waals surface area contributed by atoms with Crippen LogP contribution in [0.5, 0.6) is 0 Å². The van der Waals surface area contributed by atoms with Gasteiger partial charge in [0.2, 0.25) is 0 Å². The maximum Gasteiger partial charge on any atom is 0.329 e. The molecule has 2 unspecified atom stereocenters. The number of anilines is 1. The summed E-state index contributed by atoms with van der Waals surface area (Å²) in [5, 5.41) is 13.1. The molecule has 3 rings (SSSR count). The van der Waals surface area contributed by atoms with Gasteiger partial charge in [0.25, 0.3) is 0 Å². The molecule has 4 nitrogen and oxygen atoms in total. The SMILES string of the molecule is CN1C2CCC1CC(Nc1ccc(Br)cc1)(C(=O)O)C2. The number of carbonyl (C=O) groups is 1. The summed E-state index contributed by atoms with van der Waals surface area (Å²) in [6.07, 6.45) is 3.56. The van der Waals surface area contributed by atoms with E-state index in [4.69, 9.17) is 0 Å². The average Bonchev–Trinajstić information content (AvgIpc) is 2.64. The number of carboxylic acid groups (broad SMARTS) is 1. The number of halogens is 1. The van der Waals surface area contributed by atoms with Gasteiger partial charge in [0.15, 0.2) is 0 Å².